The number of nitro groups is 1. The number of carbonyl (C=O) groups excluding carboxylic acids is 1. The summed E-state index contributed by atoms with van der Waals surface area (Å²) in [4.78, 5) is 26.1. The van der Waals surface area contributed by atoms with Gasteiger partial charge in [-0.25, -0.2) is 0 Å². The van der Waals surface area contributed by atoms with Gasteiger partial charge in [-0.05, 0) is 24.6 Å². The van der Waals surface area contributed by atoms with Crippen molar-refractivity contribution in [2.45, 2.75) is 12.8 Å². The molecule has 1 amide bonds. The summed E-state index contributed by atoms with van der Waals surface area (Å²) in [6.07, 6.45) is 4.09. The molecular weight excluding hydrogens is 284 g/mol. The van der Waals surface area contributed by atoms with Crippen molar-refractivity contribution in [1.29, 1.82) is 0 Å². The summed E-state index contributed by atoms with van der Waals surface area (Å²) >= 11 is 0. The first-order chi connectivity index (χ1) is 10.7. The van der Waals surface area contributed by atoms with E-state index in [0.29, 0.717) is 30.8 Å². The van der Waals surface area contributed by atoms with Gasteiger partial charge in [-0.3, -0.25) is 19.9 Å². The molecule has 114 valence electrons. The molecule has 0 aliphatic carbocycles. The third kappa shape index (κ3) is 4.55. The molecule has 0 atom stereocenters. The van der Waals surface area contributed by atoms with Crippen LogP contribution in [0.4, 0.5) is 17.1 Å². The number of nitro benzene ring substituents is 1. The Morgan fingerprint density at radius 3 is 2.77 bits per heavy atom. The highest BCUT2D eigenvalue weighted by Crippen LogP contribution is 2.22. The number of nitrogens with zero attached hydrogens (tertiary/aromatic N) is 2. The van der Waals surface area contributed by atoms with Crippen LogP contribution >= 0.6 is 0 Å². The number of benzene rings is 1. The molecule has 0 saturated carbocycles. The van der Waals surface area contributed by atoms with E-state index in [1.54, 1.807) is 42.7 Å². The highest BCUT2D eigenvalue weighted by Gasteiger charge is 2.11. The number of nitrogens with one attached hydrogen (secondary N) is 2. The number of pyridine rings is 1. The van der Waals surface area contributed by atoms with Crippen molar-refractivity contribution in [3.63, 3.8) is 0 Å². The molecule has 0 bridgehead atoms. The first-order valence-electron chi connectivity index (χ1n) is 6.84. The second kappa shape index (κ2) is 7.72. The quantitative estimate of drug-likeness (QED) is 0.465. The minimum Gasteiger partial charge on any atom is -0.379 e. The van der Waals surface area contributed by atoms with E-state index in [1.807, 2.05) is 0 Å². The summed E-state index contributed by atoms with van der Waals surface area (Å²) in [5.74, 6) is -0.114. The lowest BCUT2D eigenvalue weighted by Gasteiger charge is -2.07. The van der Waals surface area contributed by atoms with E-state index in [9.17, 15) is 14.9 Å². The zero-order chi connectivity index (χ0) is 15.8. The number of hydrogen-bond acceptors (Lipinski definition) is 5. The van der Waals surface area contributed by atoms with Gasteiger partial charge >= 0.3 is 0 Å². The summed E-state index contributed by atoms with van der Waals surface area (Å²) in [5.41, 5.74) is 1.14. The molecule has 7 heteroatoms. The molecule has 0 fully saturated rings. The smallest absolute Gasteiger partial charge is 0.292 e. The van der Waals surface area contributed by atoms with E-state index in [4.69, 9.17) is 0 Å². The van der Waals surface area contributed by atoms with Gasteiger partial charge in [0.05, 0.1) is 16.8 Å². The third-order valence-corrected chi connectivity index (χ3v) is 2.94. The molecule has 2 N–H and O–H groups in total. The summed E-state index contributed by atoms with van der Waals surface area (Å²) in [6.45, 7) is 0.477. The highest BCUT2D eigenvalue weighted by molar-refractivity contribution is 5.90. The third-order valence-electron chi connectivity index (χ3n) is 2.94. The fourth-order valence-corrected chi connectivity index (χ4v) is 1.91. The van der Waals surface area contributed by atoms with Crippen LogP contribution in [0.1, 0.15) is 12.8 Å². The molecule has 0 aliphatic rings. The molecular formula is C15H16N4O3. The maximum Gasteiger partial charge on any atom is 0.292 e. The van der Waals surface area contributed by atoms with E-state index >= 15 is 0 Å². The van der Waals surface area contributed by atoms with Crippen LogP contribution in [0.3, 0.4) is 0 Å². The Balaban J connectivity index is 1.75. The minimum absolute atomic E-state index is 0.0299. The summed E-state index contributed by atoms with van der Waals surface area (Å²) < 4.78 is 0. The summed E-state index contributed by atoms with van der Waals surface area (Å²) in [5, 5.41) is 16.6. The number of para-hydroxylation sites is 2. The summed E-state index contributed by atoms with van der Waals surface area (Å²) in [6, 6.07) is 9.93. The van der Waals surface area contributed by atoms with Crippen LogP contribution in [-0.4, -0.2) is 22.4 Å². The fraction of sp³-hybridized carbons (Fsp3) is 0.200. The monoisotopic (exact) mass is 300 g/mol. The molecule has 0 unspecified atom stereocenters. The van der Waals surface area contributed by atoms with Gasteiger partial charge in [-0.2, -0.15) is 0 Å². The normalized spacial score (nSPS) is 10.0. The second-order valence-electron chi connectivity index (χ2n) is 4.59. The molecule has 0 radical (unpaired) electrons. The number of hydrogen-bond donors (Lipinski definition) is 2. The topological polar surface area (TPSA) is 97.2 Å². The molecule has 1 heterocycles. The van der Waals surface area contributed by atoms with Crippen molar-refractivity contribution < 1.29 is 9.72 Å². The predicted octanol–water partition coefficient (Wildman–Crippen LogP) is 2.82. The zero-order valence-corrected chi connectivity index (χ0v) is 11.9. The number of amides is 1. The Morgan fingerprint density at radius 1 is 1.23 bits per heavy atom. The van der Waals surface area contributed by atoms with Gasteiger partial charge in [0, 0.05) is 25.2 Å². The lowest BCUT2D eigenvalue weighted by Crippen LogP contribution is -2.13. The molecule has 7 nitrogen and oxygen atoms in total. The fourth-order valence-electron chi connectivity index (χ4n) is 1.91. The Bertz CT molecular complexity index is 646. The Morgan fingerprint density at radius 2 is 2.05 bits per heavy atom. The van der Waals surface area contributed by atoms with Crippen molar-refractivity contribution >= 4 is 23.0 Å². The summed E-state index contributed by atoms with van der Waals surface area (Å²) in [7, 11) is 0. The van der Waals surface area contributed by atoms with E-state index < -0.39 is 4.92 Å². The van der Waals surface area contributed by atoms with Crippen molar-refractivity contribution in [1.82, 2.24) is 4.98 Å². The van der Waals surface area contributed by atoms with Gasteiger partial charge in [-0.1, -0.05) is 12.1 Å². The van der Waals surface area contributed by atoms with Gasteiger partial charge in [0.2, 0.25) is 5.91 Å². The van der Waals surface area contributed by atoms with E-state index in [1.165, 1.54) is 6.07 Å². The standard InChI is InChI=1S/C15H16N4O3/c20-15(18-12-5-3-9-16-11-12)8-4-10-17-13-6-1-2-7-14(13)19(21)22/h1-3,5-7,9,11,17H,4,8,10H2,(H,18,20). The number of aromatic nitrogens is 1. The van der Waals surface area contributed by atoms with Crippen molar-refractivity contribution in [2.75, 3.05) is 17.2 Å². The Labute approximate surface area is 127 Å². The molecule has 2 rings (SSSR count). The SMILES string of the molecule is O=C(CCCNc1ccccc1[N+](=O)[O-])Nc1cccnc1. The van der Waals surface area contributed by atoms with Crippen LogP contribution in [-0.2, 0) is 4.79 Å². The van der Waals surface area contributed by atoms with Gasteiger partial charge in [0.1, 0.15) is 5.69 Å². The zero-order valence-electron chi connectivity index (χ0n) is 11.9. The number of carbonyl (C=O) groups is 1. The average Bonchev–Trinajstić information content (AvgIpc) is 2.53. The average molecular weight is 300 g/mol. The lowest BCUT2D eigenvalue weighted by molar-refractivity contribution is -0.384. The second-order valence-corrected chi connectivity index (χ2v) is 4.59. The Hall–Kier alpha value is -2.96. The van der Waals surface area contributed by atoms with Gasteiger partial charge < -0.3 is 10.6 Å². The molecule has 22 heavy (non-hydrogen) atoms. The van der Waals surface area contributed by atoms with Crippen molar-refractivity contribution in [3.05, 3.63) is 58.9 Å². The molecule has 0 aliphatic heterocycles. The maximum absolute atomic E-state index is 11.7. The van der Waals surface area contributed by atoms with Crippen molar-refractivity contribution in [2.24, 2.45) is 0 Å². The highest BCUT2D eigenvalue weighted by atomic mass is 16.6. The lowest BCUT2D eigenvalue weighted by atomic mass is 10.2. The number of anilines is 2. The largest absolute Gasteiger partial charge is 0.379 e. The minimum atomic E-state index is -0.433. The number of rotatable bonds is 7. The first-order valence-corrected chi connectivity index (χ1v) is 6.84. The van der Waals surface area contributed by atoms with Gasteiger partial charge in [-0.15, -0.1) is 0 Å². The van der Waals surface area contributed by atoms with Crippen LogP contribution < -0.4 is 10.6 Å². The van der Waals surface area contributed by atoms with Crippen LogP contribution in [0.15, 0.2) is 48.8 Å². The predicted molar refractivity (Wildman–Crippen MR) is 83.7 cm³/mol. The van der Waals surface area contributed by atoms with Crippen LogP contribution in [0.5, 0.6) is 0 Å². The molecule has 0 spiro atoms. The van der Waals surface area contributed by atoms with E-state index in [0.717, 1.165) is 0 Å². The first kappa shape index (κ1) is 15.4. The van der Waals surface area contributed by atoms with Crippen LogP contribution in [0.2, 0.25) is 0 Å². The molecule has 2 aromatic rings. The van der Waals surface area contributed by atoms with E-state index in [2.05, 4.69) is 15.6 Å². The maximum atomic E-state index is 11.7. The molecule has 1 aromatic carbocycles. The van der Waals surface area contributed by atoms with Crippen molar-refractivity contribution in [3.8, 4) is 0 Å². The van der Waals surface area contributed by atoms with Gasteiger partial charge in [0.25, 0.3) is 5.69 Å². The van der Waals surface area contributed by atoms with Crippen LogP contribution in [0.25, 0.3) is 0 Å². The Kier molecular flexibility index (Phi) is 5.42. The van der Waals surface area contributed by atoms with E-state index in [-0.39, 0.29) is 11.6 Å². The molecule has 1 aromatic heterocycles. The van der Waals surface area contributed by atoms with Crippen LogP contribution in [0, 0.1) is 10.1 Å². The van der Waals surface area contributed by atoms with Gasteiger partial charge in [0.15, 0.2) is 0 Å². The molecule has 0 saturated heterocycles.